The van der Waals surface area contributed by atoms with Crippen molar-refractivity contribution in [3.63, 3.8) is 0 Å². The van der Waals surface area contributed by atoms with E-state index in [1.54, 1.807) is 18.5 Å². The van der Waals surface area contributed by atoms with E-state index in [1.807, 2.05) is 6.92 Å². The molecule has 0 radical (unpaired) electrons. The first-order chi connectivity index (χ1) is 13.5. The zero-order valence-electron chi connectivity index (χ0n) is 15.9. The molecule has 1 unspecified atom stereocenters. The van der Waals surface area contributed by atoms with Crippen LogP contribution in [0.15, 0.2) is 24.5 Å². The summed E-state index contributed by atoms with van der Waals surface area (Å²) in [6.07, 6.45) is 5.27. The van der Waals surface area contributed by atoms with Gasteiger partial charge < -0.3 is 25.5 Å². The standard InChI is InChI=1S/C19H25N5O4/c1-11(12-7-8-21-22-10-12)28-16-9-15(24-17(16)19(27)20-2)18(26)23-13-3-5-14(25)6-4-13/h7-11,13-14,24-25H,3-6H2,1-2H3,(H,20,27)(H,23,26). The van der Waals surface area contributed by atoms with Crippen molar-refractivity contribution in [2.45, 2.75) is 50.9 Å². The van der Waals surface area contributed by atoms with Gasteiger partial charge in [0.2, 0.25) is 0 Å². The molecular formula is C19H25N5O4. The Morgan fingerprint density at radius 1 is 1.25 bits per heavy atom. The number of aromatic amines is 1. The summed E-state index contributed by atoms with van der Waals surface area (Å²) in [4.78, 5) is 27.7. The number of hydrogen-bond donors (Lipinski definition) is 4. The van der Waals surface area contributed by atoms with Crippen LogP contribution in [0.1, 0.15) is 65.3 Å². The molecule has 2 aromatic heterocycles. The van der Waals surface area contributed by atoms with Gasteiger partial charge in [0.15, 0.2) is 5.75 Å². The van der Waals surface area contributed by atoms with Crippen LogP contribution in [0.5, 0.6) is 5.75 Å². The van der Waals surface area contributed by atoms with Crippen LogP contribution in [0.4, 0.5) is 0 Å². The van der Waals surface area contributed by atoms with Gasteiger partial charge in [-0.15, -0.1) is 0 Å². The Labute approximate surface area is 162 Å². The van der Waals surface area contributed by atoms with E-state index in [4.69, 9.17) is 4.74 Å². The molecule has 4 N–H and O–H groups in total. The van der Waals surface area contributed by atoms with Gasteiger partial charge in [0.1, 0.15) is 17.5 Å². The van der Waals surface area contributed by atoms with E-state index in [-0.39, 0.29) is 47.2 Å². The maximum Gasteiger partial charge on any atom is 0.271 e. The molecule has 0 spiro atoms. The lowest BCUT2D eigenvalue weighted by molar-refractivity contribution is 0.0863. The minimum Gasteiger partial charge on any atom is -0.483 e. The highest BCUT2D eigenvalue weighted by Gasteiger charge is 2.25. The molecule has 1 fully saturated rings. The molecule has 1 aliphatic rings. The summed E-state index contributed by atoms with van der Waals surface area (Å²) < 4.78 is 5.92. The van der Waals surface area contributed by atoms with Gasteiger partial charge in [-0.1, -0.05) is 0 Å². The van der Waals surface area contributed by atoms with Crippen molar-refractivity contribution in [1.82, 2.24) is 25.8 Å². The minimum absolute atomic E-state index is 0.00818. The quantitative estimate of drug-likeness (QED) is 0.592. The smallest absolute Gasteiger partial charge is 0.271 e. The van der Waals surface area contributed by atoms with Crippen molar-refractivity contribution in [3.05, 3.63) is 41.5 Å². The number of rotatable bonds is 6. The van der Waals surface area contributed by atoms with Crippen LogP contribution in [-0.2, 0) is 0 Å². The van der Waals surface area contributed by atoms with Crippen LogP contribution in [0, 0.1) is 0 Å². The van der Waals surface area contributed by atoms with Gasteiger partial charge >= 0.3 is 0 Å². The fraction of sp³-hybridized carbons (Fsp3) is 0.474. The van der Waals surface area contributed by atoms with Crippen LogP contribution in [0.2, 0.25) is 0 Å². The molecule has 3 rings (SSSR count). The zero-order valence-corrected chi connectivity index (χ0v) is 15.9. The van der Waals surface area contributed by atoms with Crippen molar-refractivity contribution in [2.24, 2.45) is 0 Å². The van der Waals surface area contributed by atoms with Gasteiger partial charge in [0, 0.05) is 30.9 Å². The van der Waals surface area contributed by atoms with Gasteiger partial charge in [-0.25, -0.2) is 0 Å². The number of hydrogen-bond acceptors (Lipinski definition) is 6. The fourth-order valence-corrected chi connectivity index (χ4v) is 3.23. The molecule has 1 saturated carbocycles. The average molecular weight is 387 g/mol. The third-order valence-electron chi connectivity index (χ3n) is 4.89. The van der Waals surface area contributed by atoms with Crippen LogP contribution in [0.3, 0.4) is 0 Å². The summed E-state index contributed by atoms with van der Waals surface area (Å²) in [5.74, 6) is -0.401. The summed E-state index contributed by atoms with van der Waals surface area (Å²) in [5.41, 5.74) is 1.23. The number of aliphatic hydroxyl groups is 1. The largest absolute Gasteiger partial charge is 0.483 e. The lowest BCUT2D eigenvalue weighted by atomic mass is 9.93. The first kappa shape index (κ1) is 19.8. The Morgan fingerprint density at radius 3 is 2.64 bits per heavy atom. The topological polar surface area (TPSA) is 129 Å². The molecule has 2 amide bonds. The van der Waals surface area contributed by atoms with E-state index in [9.17, 15) is 14.7 Å². The van der Waals surface area contributed by atoms with Crippen molar-refractivity contribution in [2.75, 3.05) is 7.05 Å². The Morgan fingerprint density at radius 2 is 2.00 bits per heavy atom. The predicted molar refractivity (Wildman–Crippen MR) is 101 cm³/mol. The Hall–Kier alpha value is -2.94. The van der Waals surface area contributed by atoms with E-state index >= 15 is 0 Å². The summed E-state index contributed by atoms with van der Waals surface area (Å²) in [7, 11) is 1.51. The first-order valence-electron chi connectivity index (χ1n) is 9.35. The van der Waals surface area contributed by atoms with Crippen molar-refractivity contribution < 1.29 is 19.4 Å². The molecule has 1 atom stereocenters. The minimum atomic E-state index is -0.384. The SMILES string of the molecule is CNC(=O)c1[nH]c(C(=O)NC2CCC(O)CC2)cc1OC(C)c1ccnnc1. The van der Waals surface area contributed by atoms with Crippen LogP contribution >= 0.6 is 0 Å². The average Bonchev–Trinajstić information content (AvgIpc) is 3.13. The molecule has 9 heteroatoms. The van der Waals surface area contributed by atoms with Crippen molar-refractivity contribution in [1.29, 1.82) is 0 Å². The second-order valence-electron chi connectivity index (χ2n) is 6.92. The Bertz CT molecular complexity index is 815. The first-order valence-corrected chi connectivity index (χ1v) is 9.35. The number of H-pyrrole nitrogens is 1. The molecule has 0 aromatic carbocycles. The number of aromatic nitrogens is 3. The molecule has 0 bridgehead atoms. The van der Waals surface area contributed by atoms with Gasteiger partial charge in [0.25, 0.3) is 11.8 Å². The van der Waals surface area contributed by atoms with Crippen LogP contribution in [0.25, 0.3) is 0 Å². The summed E-state index contributed by atoms with van der Waals surface area (Å²) >= 11 is 0. The maximum atomic E-state index is 12.6. The molecule has 0 aliphatic heterocycles. The number of nitrogens with zero attached hydrogens (tertiary/aromatic N) is 2. The number of ether oxygens (including phenoxy) is 1. The summed E-state index contributed by atoms with van der Waals surface area (Å²) in [5, 5.41) is 22.7. The molecule has 150 valence electrons. The second kappa shape index (κ2) is 8.83. The highest BCUT2D eigenvalue weighted by Crippen LogP contribution is 2.27. The third-order valence-corrected chi connectivity index (χ3v) is 4.89. The molecule has 1 aliphatic carbocycles. The third kappa shape index (κ3) is 4.66. The van der Waals surface area contributed by atoms with Gasteiger partial charge in [-0.05, 0) is 38.7 Å². The summed E-state index contributed by atoms with van der Waals surface area (Å²) in [6.45, 7) is 1.82. The monoisotopic (exact) mass is 387 g/mol. The highest BCUT2D eigenvalue weighted by molar-refractivity contribution is 5.99. The number of carbonyl (C=O) groups excluding carboxylic acids is 2. The fourth-order valence-electron chi connectivity index (χ4n) is 3.23. The molecule has 9 nitrogen and oxygen atoms in total. The van der Waals surface area contributed by atoms with E-state index < -0.39 is 0 Å². The number of carbonyl (C=O) groups is 2. The maximum absolute atomic E-state index is 12.6. The second-order valence-corrected chi connectivity index (χ2v) is 6.92. The van der Waals surface area contributed by atoms with E-state index in [1.165, 1.54) is 13.1 Å². The van der Waals surface area contributed by atoms with Crippen molar-refractivity contribution in [3.8, 4) is 5.75 Å². The van der Waals surface area contributed by atoms with Gasteiger partial charge in [-0.2, -0.15) is 10.2 Å². The normalized spacial score (nSPS) is 20.2. The predicted octanol–water partition coefficient (Wildman–Crippen LogP) is 1.34. The zero-order chi connectivity index (χ0) is 20.1. The van der Waals surface area contributed by atoms with Crippen LogP contribution < -0.4 is 15.4 Å². The summed E-state index contributed by atoms with van der Waals surface area (Å²) in [6, 6.07) is 3.31. The molecule has 0 saturated heterocycles. The Kier molecular flexibility index (Phi) is 6.25. The number of amides is 2. The number of nitrogens with one attached hydrogen (secondary N) is 3. The molecule has 2 aromatic rings. The number of aliphatic hydroxyl groups excluding tert-OH is 1. The van der Waals surface area contributed by atoms with Gasteiger partial charge in [-0.3, -0.25) is 9.59 Å². The molecular weight excluding hydrogens is 362 g/mol. The Balaban J connectivity index is 1.75. The molecule has 28 heavy (non-hydrogen) atoms. The highest BCUT2D eigenvalue weighted by atomic mass is 16.5. The van der Waals surface area contributed by atoms with Crippen LogP contribution in [-0.4, -0.2) is 51.3 Å². The van der Waals surface area contributed by atoms with Gasteiger partial charge in [0.05, 0.1) is 12.3 Å². The van der Waals surface area contributed by atoms with E-state index in [2.05, 4.69) is 25.8 Å². The van der Waals surface area contributed by atoms with E-state index in [0.717, 1.165) is 18.4 Å². The lowest BCUT2D eigenvalue weighted by Gasteiger charge is -2.25. The van der Waals surface area contributed by atoms with Crippen molar-refractivity contribution >= 4 is 11.8 Å². The lowest BCUT2D eigenvalue weighted by Crippen LogP contribution is -2.38. The molecule has 2 heterocycles. The van der Waals surface area contributed by atoms with E-state index in [0.29, 0.717) is 12.8 Å².